The lowest BCUT2D eigenvalue weighted by atomic mass is 9.80. The van der Waals surface area contributed by atoms with Crippen molar-refractivity contribution in [1.29, 1.82) is 0 Å². The van der Waals surface area contributed by atoms with Crippen LogP contribution in [0.15, 0.2) is 21.3 Å². The summed E-state index contributed by atoms with van der Waals surface area (Å²) in [6.45, 7) is 4.43. The smallest absolute Gasteiger partial charge is 0.475 e. The van der Waals surface area contributed by atoms with E-state index in [1.165, 1.54) is 5.56 Å². The van der Waals surface area contributed by atoms with Gasteiger partial charge in [0.2, 0.25) is 5.89 Å². The SMILES string of the molecule is CN1CCC(C)(c2nc(Cc3ccsc3)no2)CC1.O=C(O)C(F)(F)F. The van der Waals surface area contributed by atoms with E-state index in [1.54, 1.807) is 11.3 Å². The number of carboxylic acids is 1. The summed E-state index contributed by atoms with van der Waals surface area (Å²) in [5.41, 5.74) is 1.30. The van der Waals surface area contributed by atoms with Crippen LogP contribution in [0, 0.1) is 0 Å². The average Bonchev–Trinajstić information content (AvgIpc) is 3.23. The van der Waals surface area contributed by atoms with Crippen LogP contribution in [0.3, 0.4) is 0 Å². The van der Waals surface area contributed by atoms with Gasteiger partial charge in [-0.3, -0.25) is 0 Å². The predicted molar refractivity (Wildman–Crippen MR) is 89.2 cm³/mol. The molecule has 1 aliphatic heterocycles. The molecular formula is C16H20F3N3O3S. The highest BCUT2D eigenvalue weighted by molar-refractivity contribution is 7.07. The van der Waals surface area contributed by atoms with Crippen molar-refractivity contribution < 1.29 is 27.6 Å². The van der Waals surface area contributed by atoms with Crippen LogP contribution in [0.1, 0.15) is 37.0 Å². The molecule has 0 radical (unpaired) electrons. The normalized spacial score (nSPS) is 17.4. The molecule has 2 aromatic heterocycles. The monoisotopic (exact) mass is 391 g/mol. The Hall–Kier alpha value is -1.94. The standard InChI is InChI=1S/C14H19N3OS.C2HF3O2/c1-14(4-6-17(2)7-5-14)13-15-12(16-18-13)9-11-3-8-19-10-11;3-2(4,5)1(6)7/h3,8,10H,4-7,9H2,1-2H3;(H,6,7). The van der Waals surface area contributed by atoms with Gasteiger partial charge in [-0.25, -0.2) is 4.79 Å². The second-order valence-electron chi connectivity index (χ2n) is 6.49. The lowest BCUT2D eigenvalue weighted by molar-refractivity contribution is -0.192. The number of aliphatic carboxylic acids is 1. The molecule has 0 amide bonds. The Morgan fingerprint density at radius 1 is 1.42 bits per heavy atom. The highest BCUT2D eigenvalue weighted by Gasteiger charge is 2.38. The number of alkyl halides is 3. The highest BCUT2D eigenvalue weighted by atomic mass is 32.1. The van der Waals surface area contributed by atoms with Gasteiger partial charge in [-0.05, 0) is 55.4 Å². The molecule has 0 aromatic carbocycles. The molecule has 10 heteroatoms. The number of piperidine rings is 1. The summed E-state index contributed by atoms with van der Waals surface area (Å²) >= 11 is 1.70. The van der Waals surface area contributed by atoms with Gasteiger partial charge in [0.15, 0.2) is 5.82 Å². The zero-order valence-corrected chi connectivity index (χ0v) is 15.2. The van der Waals surface area contributed by atoms with Gasteiger partial charge in [0.25, 0.3) is 0 Å². The summed E-state index contributed by atoms with van der Waals surface area (Å²) < 4.78 is 37.3. The second kappa shape index (κ2) is 8.17. The highest BCUT2D eigenvalue weighted by Crippen LogP contribution is 2.33. The Morgan fingerprint density at radius 3 is 2.54 bits per heavy atom. The van der Waals surface area contributed by atoms with E-state index in [4.69, 9.17) is 14.4 Å². The lowest BCUT2D eigenvalue weighted by Crippen LogP contribution is -2.39. The van der Waals surface area contributed by atoms with E-state index in [-0.39, 0.29) is 5.41 Å². The van der Waals surface area contributed by atoms with Crippen molar-refractivity contribution in [3.05, 3.63) is 34.1 Å². The molecule has 0 bridgehead atoms. The van der Waals surface area contributed by atoms with Gasteiger partial charge in [-0.2, -0.15) is 29.5 Å². The van der Waals surface area contributed by atoms with Crippen LogP contribution >= 0.6 is 11.3 Å². The van der Waals surface area contributed by atoms with E-state index in [9.17, 15) is 13.2 Å². The molecule has 3 rings (SSSR count). The molecule has 0 saturated carbocycles. The number of hydrogen-bond acceptors (Lipinski definition) is 6. The number of nitrogens with zero attached hydrogens (tertiary/aromatic N) is 3. The van der Waals surface area contributed by atoms with Gasteiger partial charge in [0.05, 0.1) is 0 Å². The minimum atomic E-state index is -5.08. The molecule has 1 fully saturated rings. The molecule has 6 nitrogen and oxygen atoms in total. The first-order valence-electron chi connectivity index (χ1n) is 7.93. The van der Waals surface area contributed by atoms with Crippen LogP contribution in [0.2, 0.25) is 0 Å². The van der Waals surface area contributed by atoms with Crippen LogP contribution in [-0.2, 0) is 16.6 Å². The summed E-state index contributed by atoms with van der Waals surface area (Å²) in [6, 6.07) is 2.11. The van der Waals surface area contributed by atoms with Gasteiger partial charge in [0, 0.05) is 11.8 Å². The number of carbonyl (C=O) groups is 1. The van der Waals surface area contributed by atoms with Crippen molar-refractivity contribution in [2.45, 2.75) is 37.8 Å². The maximum absolute atomic E-state index is 10.6. The molecule has 1 saturated heterocycles. The molecule has 144 valence electrons. The second-order valence-corrected chi connectivity index (χ2v) is 7.27. The fourth-order valence-electron chi connectivity index (χ4n) is 2.47. The summed E-state index contributed by atoms with van der Waals surface area (Å²) in [7, 11) is 2.16. The van der Waals surface area contributed by atoms with E-state index in [0.29, 0.717) is 0 Å². The largest absolute Gasteiger partial charge is 0.490 e. The van der Waals surface area contributed by atoms with Gasteiger partial charge in [-0.1, -0.05) is 12.1 Å². The van der Waals surface area contributed by atoms with Crippen molar-refractivity contribution in [2.75, 3.05) is 20.1 Å². The lowest BCUT2D eigenvalue weighted by Gasteiger charge is -2.34. The molecule has 0 spiro atoms. The molecule has 2 aromatic rings. The molecule has 0 aliphatic carbocycles. The number of carboxylic acid groups (broad SMARTS) is 1. The van der Waals surface area contributed by atoms with Crippen LogP contribution in [0.4, 0.5) is 13.2 Å². The van der Waals surface area contributed by atoms with E-state index in [2.05, 4.69) is 45.8 Å². The first-order valence-corrected chi connectivity index (χ1v) is 8.87. The Bertz CT molecular complexity index is 708. The Kier molecular flexibility index (Phi) is 6.40. The quantitative estimate of drug-likeness (QED) is 0.865. The van der Waals surface area contributed by atoms with Crippen molar-refractivity contribution in [1.82, 2.24) is 15.0 Å². The zero-order chi connectivity index (χ0) is 19.4. The van der Waals surface area contributed by atoms with E-state index < -0.39 is 12.1 Å². The minimum absolute atomic E-state index is 0.0480. The molecule has 1 aliphatic rings. The maximum Gasteiger partial charge on any atom is 0.490 e. The van der Waals surface area contributed by atoms with Gasteiger partial charge >= 0.3 is 12.1 Å². The fourth-order valence-corrected chi connectivity index (χ4v) is 3.14. The number of halogens is 3. The number of aromatic nitrogens is 2. The van der Waals surface area contributed by atoms with Crippen LogP contribution in [0.5, 0.6) is 0 Å². The molecule has 1 N–H and O–H groups in total. The van der Waals surface area contributed by atoms with E-state index >= 15 is 0 Å². The van der Waals surface area contributed by atoms with Crippen molar-refractivity contribution in [3.63, 3.8) is 0 Å². The maximum atomic E-state index is 10.6. The summed E-state index contributed by atoms with van der Waals surface area (Å²) in [5, 5.41) is 15.5. The van der Waals surface area contributed by atoms with Crippen molar-refractivity contribution in [3.8, 4) is 0 Å². The van der Waals surface area contributed by atoms with Gasteiger partial charge in [-0.15, -0.1) is 0 Å². The Labute approximate surface area is 152 Å². The van der Waals surface area contributed by atoms with Crippen LogP contribution in [0.25, 0.3) is 0 Å². The fraction of sp³-hybridized carbons (Fsp3) is 0.562. The van der Waals surface area contributed by atoms with Crippen molar-refractivity contribution >= 4 is 17.3 Å². The first kappa shape index (κ1) is 20.4. The van der Waals surface area contributed by atoms with Crippen LogP contribution < -0.4 is 0 Å². The van der Waals surface area contributed by atoms with E-state index in [0.717, 1.165) is 44.1 Å². The predicted octanol–water partition coefficient (Wildman–Crippen LogP) is 3.34. The third-order valence-electron chi connectivity index (χ3n) is 4.26. The first-order chi connectivity index (χ1) is 12.1. The minimum Gasteiger partial charge on any atom is -0.475 e. The number of likely N-dealkylation sites (tertiary alicyclic amines) is 1. The number of hydrogen-bond donors (Lipinski definition) is 1. The van der Waals surface area contributed by atoms with Gasteiger partial charge < -0.3 is 14.5 Å². The van der Waals surface area contributed by atoms with Crippen LogP contribution in [-0.4, -0.2) is 52.4 Å². The van der Waals surface area contributed by atoms with E-state index in [1.807, 2.05) is 0 Å². The zero-order valence-electron chi connectivity index (χ0n) is 14.4. The summed E-state index contributed by atoms with van der Waals surface area (Å²) in [4.78, 5) is 15.9. The average molecular weight is 391 g/mol. The van der Waals surface area contributed by atoms with Gasteiger partial charge in [0.1, 0.15) is 0 Å². The molecule has 0 atom stereocenters. The Morgan fingerprint density at radius 2 is 2.04 bits per heavy atom. The Balaban J connectivity index is 0.000000298. The van der Waals surface area contributed by atoms with Crippen molar-refractivity contribution in [2.24, 2.45) is 0 Å². The topological polar surface area (TPSA) is 79.5 Å². The number of thiophene rings is 1. The third-order valence-corrected chi connectivity index (χ3v) is 4.99. The molecule has 26 heavy (non-hydrogen) atoms. The number of rotatable bonds is 3. The summed E-state index contributed by atoms with van der Waals surface area (Å²) in [6.07, 6.45) is -2.14. The third kappa shape index (κ3) is 5.53. The molecular weight excluding hydrogens is 371 g/mol. The molecule has 3 heterocycles. The molecule has 0 unspecified atom stereocenters. The summed E-state index contributed by atoms with van der Waals surface area (Å²) in [5.74, 6) is -1.15.